The van der Waals surface area contributed by atoms with Crippen LogP contribution in [0.1, 0.15) is 27.0 Å². The van der Waals surface area contributed by atoms with E-state index >= 15 is 0 Å². The third kappa shape index (κ3) is 5.44. The van der Waals surface area contributed by atoms with E-state index in [0.29, 0.717) is 47.3 Å². The second-order valence-electron chi connectivity index (χ2n) is 7.97. The third-order valence-electron chi connectivity index (χ3n) is 5.34. The first-order chi connectivity index (χ1) is 16.9. The molecule has 4 N–H and O–H groups in total. The zero-order valence-corrected chi connectivity index (χ0v) is 20.2. The Morgan fingerprint density at radius 1 is 1.20 bits per heavy atom. The molecule has 0 fully saturated rings. The monoisotopic (exact) mass is 494 g/mol. The van der Waals surface area contributed by atoms with Crippen LogP contribution in [0.15, 0.2) is 49.1 Å². The number of rotatable bonds is 8. The standard InChI is InChI=1S/C25H26N4O5S/c1-4-21(30)29-18-12-16(6-7-19(18)34-10-9-33-3)28-24(31)15-5-8-20-17(11-15)22-23(35-20)25(32)27-14(2)13-26-22/h4-8,11-12,14,26H,1,9-10,13H2,2-3H3,(H,27,32)(H,28,31)(H,29,30). The summed E-state index contributed by atoms with van der Waals surface area (Å²) in [6.07, 6.45) is 1.15. The van der Waals surface area contributed by atoms with Gasteiger partial charge in [-0.25, -0.2) is 0 Å². The number of hydrogen-bond acceptors (Lipinski definition) is 7. The molecule has 0 radical (unpaired) electrons. The summed E-state index contributed by atoms with van der Waals surface area (Å²) in [5.41, 5.74) is 2.05. The van der Waals surface area contributed by atoms with Gasteiger partial charge in [0.05, 0.1) is 18.0 Å². The van der Waals surface area contributed by atoms with Crippen LogP contribution in [0.5, 0.6) is 5.75 Å². The van der Waals surface area contributed by atoms with Gasteiger partial charge >= 0.3 is 0 Å². The molecule has 1 unspecified atom stereocenters. The minimum absolute atomic E-state index is 0.000794. The van der Waals surface area contributed by atoms with Gasteiger partial charge in [0.25, 0.3) is 11.8 Å². The third-order valence-corrected chi connectivity index (χ3v) is 6.51. The number of thiophene rings is 1. The number of benzene rings is 2. The Morgan fingerprint density at radius 3 is 2.80 bits per heavy atom. The Balaban J connectivity index is 1.58. The molecule has 3 amide bonds. The van der Waals surface area contributed by atoms with Crippen molar-refractivity contribution in [3.63, 3.8) is 0 Å². The Bertz CT molecular complexity index is 1300. The molecule has 1 atom stereocenters. The summed E-state index contributed by atoms with van der Waals surface area (Å²) in [6.45, 7) is 6.68. The molecule has 1 aliphatic rings. The highest BCUT2D eigenvalue weighted by atomic mass is 32.1. The second-order valence-corrected chi connectivity index (χ2v) is 9.02. The van der Waals surface area contributed by atoms with Crippen molar-refractivity contribution in [3.05, 3.63) is 59.5 Å². The quantitative estimate of drug-likeness (QED) is 0.279. The van der Waals surface area contributed by atoms with Gasteiger partial charge in [-0.15, -0.1) is 11.3 Å². The molecule has 4 rings (SSSR count). The number of ether oxygens (including phenoxy) is 2. The van der Waals surface area contributed by atoms with E-state index in [9.17, 15) is 14.4 Å². The number of carbonyl (C=O) groups is 3. The van der Waals surface area contributed by atoms with Crippen LogP contribution >= 0.6 is 11.3 Å². The SMILES string of the molecule is C=CC(=O)Nc1cc(NC(=O)c2ccc3sc4c(c3c2)NCC(C)NC4=O)ccc1OCCOC. The highest BCUT2D eigenvalue weighted by Crippen LogP contribution is 2.37. The fraction of sp³-hybridized carbons (Fsp3) is 0.240. The van der Waals surface area contributed by atoms with Crippen LogP contribution in [0.4, 0.5) is 17.1 Å². The second kappa shape index (κ2) is 10.6. The number of carbonyl (C=O) groups excluding carboxylic acids is 3. The summed E-state index contributed by atoms with van der Waals surface area (Å²) < 4.78 is 11.6. The predicted molar refractivity (Wildman–Crippen MR) is 138 cm³/mol. The molecule has 0 aliphatic carbocycles. The number of amides is 3. The Hall–Kier alpha value is -3.89. The topological polar surface area (TPSA) is 118 Å². The normalized spacial score (nSPS) is 14.8. The van der Waals surface area contributed by atoms with Gasteiger partial charge in [0, 0.05) is 41.0 Å². The summed E-state index contributed by atoms with van der Waals surface area (Å²) in [6, 6.07) is 10.3. The van der Waals surface area contributed by atoms with Gasteiger partial charge in [0.15, 0.2) is 0 Å². The highest BCUT2D eigenvalue weighted by Gasteiger charge is 2.24. The fourth-order valence-corrected chi connectivity index (χ4v) is 4.69. The van der Waals surface area contributed by atoms with Gasteiger partial charge in [-0.2, -0.15) is 0 Å². The summed E-state index contributed by atoms with van der Waals surface area (Å²) in [5.74, 6) is -0.408. The van der Waals surface area contributed by atoms with Crippen molar-refractivity contribution in [2.45, 2.75) is 13.0 Å². The van der Waals surface area contributed by atoms with Crippen LogP contribution in [0, 0.1) is 0 Å². The number of methoxy groups -OCH3 is 1. The van der Waals surface area contributed by atoms with E-state index in [1.54, 1.807) is 37.4 Å². The van der Waals surface area contributed by atoms with E-state index in [2.05, 4.69) is 27.8 Å². The molecule has 182 valence electrons. The molecule has 0 spiro atoms. The van der Waals surface area contributed by atoms with Gasteiger partial charge in [0.1, 0.15) is 17.2 Å². The maximum atomic E-state index is 13.1. The zero-order valence-electron chi connectivity index (χ0n) is 19.4. The van der Waals surface area contributed by atoms with Gasteiger partial charge < -0.3 is 30.7 Å². The van der Waals surface area contributed by atoms with Gasteiger partial charge in [-0.3, -0.25) is 14.4 Å². The lowest BCUT2D eigenvalue weighted by atomic mass is 10.1. The van der Waals surface area contributed by atoms with Crippen LogP contribution in [0.3, 0.4) is 0 Å². The van der Waals surface area contributed by atoms with Gasteiger partial charge in [-0.1, -0.05) is 6.58 Å². The van der Waals surface area contributed by atoms with Crippen molar-refractivity contribution in [1.29, 1.82) is 0 Å². The van der Waals surface area contributed by atoms with Crippen LogP contribution < -0.4 is 26.0 Å². The number of nitrogens with one attached hydrogen (secondary N) is 4. The lowest BCUT2D eigenvalue weighted by Gasteiger charge is -2.14. The maximum Gasteiger partial charge on any atom is 0.263 e. The lowest BCUT2D eigenvalue weighted by Crippen LogP contribution is -2.34. The smallest absolute Gasteiger partial charge is 0.263 e. The summed E-state index contributed by atoms with van der Waals surface area (Å²) in [5, 5.41) is 12.6. The predicted octanol–water partition coefficient (Wildman–Crippen LogP) is 3.85. The van der Waals surface area contributed by atoms with Crippen molar-refractivity contribution < 1.29 is 23.9 Å². The molecule has 1 aliphatic heterocycles. The van der Waals surface area contributed by atoms with Gasteiger partial charge in [0.2, 0.25) is 5.91 Å². The molecule has 10 heteroatoms. The van der Waals surface area contributed by atoms with E-state index in [-0.39, 0.29) is 17.9 Å². The van der Waals surface area contributed by atoms with Crippen molar-refractivity contribution in [3.8, 4) is 5.75 Å². The molecule has 3 aromatic rings. The Labute approximate surface area is 206 Å². The van der Waals surface area contributed by atoms with E-state index in [1.165, 1.54) is 11.3 Å². The van der Waals surface area contributed by atoms with Crippen LogP contribution in [-0.2, 0) is 9.53 Å². The van der Waals surface area contributed by atoms with Gasteiger partial charge in [-0.05, 0) is 49.4 Å². The molecular weight excluding hydrogens is 468 g/mol. The van der Waals surface area contributed by atoms with E-state index in [0.717, 1.165) is 21.8 Å². The largest absolute Gasteiger partial charge is 0.489 e. The van der Waals surface area contributed by atoms with Crippen LogP contribution in [0.2, 0.25) is 0 Å². The van der Waals surface area contributed by atoms with E-state index in [1.807, 2.05) is 13.0 Å². The summed E-state index contributed by atoms with van der Waals surface area (Å²) >= 11 is 1.39. The number of anilines is 3. The van der Waals surface area contributed by atoms with Crippen molar-refractivity contribution in [2.24, 2.45) is 0 Å². The summed E-state index contributed by atoms with van der Waals surface area (Å²) in [4.78, 5) is 38.0. The van der Waals surface area contributed by atoms with Crippen LogP contribution in [0.25, 0.3) is 10.1 Å². The first-order valence-corrected chi connectivity index (χ1v) is 11.8. The lowest BCUT2D eigenvalue weighted by molar-refractivity contribution is -0.111. The molecule has 9 nitrogen and oxygen atoms in total. The first-order valence-electron chi connectivity index (χ1n) is 11.0. The molecule has 0 saturated carbocycles. The Kier molecular flexibility index (Phi) is 7.33. The van der Waals surface area contributed by atoms with E-state index < -0.39 is 5.91 Å². The molecule has 0 bridgehead atoms. The fourth-order valence-electron chi connectivity index (χ4n) is 3.62. The molecule has 0 saturated heterocycles. The van der Waals surface area contributed by atoms with E-state index in [4.69, 9.17) is 9.47 Å². The molecule has 1 aromatic heterocycles. The highest BCUT2D eigenvalue weighted by molar-refractivity contribution is 7.21. The first kappa shape index (κ1) is 24.2. The number of hydrogen-bond donors (Lipinski definition) is 4. The number of fused-ring (bicyclic) bond motifs is 3. The Morgan fingerprint density at radius 2 is 2.03 bits per heavy atom. The minimum Gasteiger partial charge on any atom is -0.489 e. The summed E-state index contributed by atoms with van der Waals surface area (Å²) in [7, 11) is 1.57. The molecular formula is C25H26N4O5S. The molecule has 2 aromatic carbocycles. The van der Waals surface area contributed by atoms with Crippen molar-refractivity contribution in [1.82, 2.24) is 5.32 Å². The molecule has 35 heavy (non-hydrogen) atoms. The average Bonchev–Trinajstić information content (AvgIpc) is 3.15. The zero-order chi connectivity index (χ0) is 24.9. The average molecular weight is 495 g/mol. The minimum atomic E-state index is -0.403. The van der Waals surface area contributed by atoms with Crippen molar-refractivity contribution in [2.75, 3.05) is 42.8 Å². The molecule has 2 heterocycles. The van der Waals surface area contributed by atoms with Crippen molar-refractivity contribution >= 4 is 56.2 Å². The maximum absolute atomic E-state index is 13.1. The van der Waals surface area contributed by atoms with Crippen LogP contribution in [-0.4, -0.2) is 50.6 Å².